The van der Waals surface area contributed by atoms with Crippen LogP contribution in [0.25, 0.3) is 0 Å². The number of carbonyl (C=O) groups is 1. The van der Waals surface area contributed by atoms with Gasteiger partial charge < -0.3 is 24.4 Å². The number of guanidine groups is 1. The first kappa shape index (κ1) is 24.4. The molecule has 0 radical (unpaired) electrons. The minimum atomic E-state index is -0.0896. The molecule has 2 rings (SSSR count). The number of hydrogen-bond acceptors (Lipinski definition) is 5. The van der Waals surface area contributed by atoms with Gasteiger partial charge in [0.15, 0.2) is 5.96 Å². The Kier molecular flexibility index (Phi) is 13.0. The van der Waals surface area contributed by atoms with Crippen LogP contribution in [0, 0.1) is 11.8 Å². The molecule has 0 saturated carbocycles. The van der Waals surface area contributed by atoms with Gasteiger partial charge in [-0.2, -0.15) is 0 Å². The molecule has 2 aliphatic rings. The first-order valence-electron chi connectivity index (χ1n) is 10.0. The quantitative estimate of drug-likeness (QED) is 0.183. The number of likely N-dealkylation sites (tertiary alicyclic amines) is 1. The molecule has 2 heterocycles. The summed E-state index contributed by atoms with van der Waals surface area (Å²) in [7, 11) is 1.46. The third-order valence-corrected chi connectivity index (χ3v) is 5.07. The minimum absolute atomic E-state index is 0. The maximum Gasteiger partial charge on any atom is 0.308 e. The Hall–Kier alpha value is -0.610. The van der Waals surface area contributed by atoms with Crippen LogP contribution in [-0.4, -0.2) is 76.5 Å². The number of nitrogens with one attached hydrogen (secondary N) is 1. The van der Waals surface area contributed by atoms with Gasteiger partial charge in [0.1, 0.15) is 0 Å². The number of nitrogens with zero attached hydrogens (tertiary/aromatic N) is 2. The van der Waals surface area contributed by atoms with Crippen molar-refractivity contribution in [2.24, 2.45) is 16.8 Å². The van der Waals surface area contributed by atoms with Crippen LogP contribution in [0.1, 0.15) is 39.0 Å². The SMILES string of the molecule is CCNC(=NCCCOCC1CCOCC1)N1CCC(C(=O)OC)CC1.I. The van der Waals surface area contributed by atoms with Gasteiger partial charge in [-0.25, -0.2) is 0 Å². The topological polar surface area (TPSA) is 72.4 Å². The summed E-state index contributed by atoms with van der Waals surface area (Å²) in [5.74, 6) is 1.53. The Morgan fingerprint density at radius 1 is 1.22 bits per heavy atom. The number of halogens is 1. The molecular formula is C19H36IN3O4. The van der Waals surface area contributed by atoms with E-state index < -0.39 is 0 Å². The normalized spacial score (nSPS) is 19.5. The fraction of sp³-hybridized carbons (Fsp3) is 0.895. The van der Waals surface area contributed by atoms with Crippen molar-refractivity contribution < 1.29 is 19.0 Å². The van der Waals surface area contributed by atoms with E-state index in [0.717, 1.165) is 90.7 Å². The predicted molar refractivity (Wildman–Crippen MR) is 117 cm³/mol. The summed E-state index contributed by atoms with van der Waals surface area (Å²) < 4.78 is 16.0. The maximum atomic E-state index is 11.6. The summed E-state index contributed by atoms with van der Waals surface area (Å²) >= 11 is 0. The highest BCUT2D eigenvalue weighted by atomic mass is 127. The number of aliphatic imine (C=N–C) groups is 1. The third-order valence-electron chi connectivity index (χ3n) is 5.07. The van der Waals surface area contributed by atoms with Gasteiger partial charge in [0, 0.05) is 52.6 Å². The van der Waals surface area contributed by atoms with Crippen molar-refractivity contribution in [3.63, 3.8) is 0 Å². The molecule has 0 atom stereocenters. The average Bonchev–Trinajstić information content (AvgIpc) is 2.70. The lowest BCUT2D eigenvalue weighted by molar-refractivity contribution is -0.146. The molecule has 0 unspecified atom stereocenters. The number of esters is 1. The van der Waals surface area contributed by atoms with Gasteiger partial charge in [-0.15, -0.1) is 24.0 Å². The van der Waals surface area contributed by atoms with E-state index in [1.165, 1.54) is 7.11 Å². The molecule has 158 valence electrons. The lowest BCUT2D eigenvalue weighted by Gasteiger charge is -2.33. The van der Waals surface area contributed by atoms with Crippen LogP contribution in [0.5, 0.6) is 0 Å². The Morgan fingerprint density at radius 2 is 1.93 bits per heavy atom. The highest BCUT2D eigenvalue weighted by Crippen LogP contribution is 2.18. The third kappa shape index (κ3) is 8.95. The van der Waals surface area contributed by atoms with E-state index in [9.17, 15) is 4.79 Å². The van der Waals surface area contributed by atoms with E-state index in [2.05, 4.69) is 17.1 Å². The van der Waals surface area contributed by atoms with Crippen LogP contribution in [0.4, 0.5) is 0 Å². The number of ether oxygens (including phenoxy) is 3. The number of rotatable bonds is 8. The van der Waals surface area contributed by atoms with Crippen molar-refractivity contribution in [2.75, 3.05) is 59.7 Å². The van der Waals surface area contributed by atoms with E-state index in [1.54, 1.807) is 0 Å². The molecule has 1 N–H and O–H groups in total. The molecule has 0 amide bonds. The summed E-state index contributed by atoms with van der Waals surface area (Å²) in [4.78, 5) is 18.6. The Morgan fingerprint density at radius 3 is 2.56 bits per heavy atom. The summed E-state index contributed by atoms with van der Waals surface area (Å²) in [6.45, 7) is 8.70. The summed E-state index contributed by atoms with van der Waals surface area (Å²) in [6.07, 6.45) is 4.81. The zero-order valence-corrected chi connectivity index (χ0v) is 19.1. The second-order valence-corrected chi connectivity index (χ2v) is 7.00. The molecule has 0 bridgehead atoms. The van der Waals surface area contributed by atoms with E-state index in [1.807, 2.05) is 0 Å². The van der Waals surface area contributed by atoms with Crippen molar-refractivity contribution in [3.05, 3.63) is 0 Å². The molecule has 27 heavy (non-hydrogen) atoms. The van der Waals surface area contributed by atoms with E-state index >= 15 is 0 Å². The first-order chi connectivity index (χ1) is 12.7. The second-order valence-electron chi connectivity index (χ2n) is 7.00. The molecule has 8 heteroatoms. The molecule has 0 spiro atoms. The second kappa shape index (κ2) is 14.4. The molecule has 2 aliphatic heterocycles. The molecule has 0 aromatic rings. The lowest BCUT2D eigenvalue weighted by atomic mass is 9.97. The smallest absolute Gasteiger partial charge is 0.308 e. The van der Waals surface area contributed by atoms with Crippen LogP contribution in [-0.2, 0) is 19.0 Å². The molecule has 2 fully saturated rings. The van der Waals surface area contributed by atoms with E-state index in [-0.39, 0.29) is 35.9 Å². The van der Waals surface area contributed by atoms with Crippen molar-refractivity contribution >= 4 is 35.9 Å². The Bertz CT molecular complexity index is 437. The number of piperidine rings is 1. The van der Waals surface area contributed by atoms with Crippen LogP contribution in [0.15, 0.2) is 4.99 Å². The lowest BCUT2D eigenvalue weighted by Crippen LogP contribution is -2.46. The van der Waals surface area contributed by atoms with Crippen LogP contribution >= 0.6 is 24.0 Å². The molecule has 2 saturated heterocycles. The van der Waals surface area contributed by atoms with Crippen molar-refractivity contribution in [1.82, 2.24) is 10.2 Å². The minimum Gasteiger partial charge on any atom is -0.469 e. The van der Waals surface area contributed by atoms with Crippen molar-refractivity contribution in [2.45, 2.75) is 39.0 Å². The van der Waals surface area contributed by atoms with Crippen molar-refractivity contribution in [3.8, 4) is 0 Å². The molecule has 7 nitrogen and oxygen atoms in total. The van der Waals surface area contributed by atoms with Crippen molar-refractivity contribution in [1.29, 1.82) is 0 Å². The highest BCUT2D eigenvalue weighted by Gasteiger charge is 2.26. The van der Waals surface area contributed by atoms with Gasteiger partial charge in [-0.3, -0.25) is 9.79 Å². The zero-order chi connectivity index (χ0) is 18.6. The fourth-order valence-corrected chi connectivity index (χ4v) is 3.43. The summed E-state index contributed by atoms with van der Waals surface area (Å²) in [5.41, 5.74) is 0. The first-order valence-corrected chi connectivity index (χ1v) is 10.0. The van der Waals surface area contributed by atoms with Gasteiger partial charge >= 0.3 is 5.97 Å². The standard InChI is InChI=1S/C19H35N3O4.HI/c1-3-20-19(22-10-5-17(6-11-22)18(23)24-2)21-9-4-12-26-15-16-7-13-25-14-8-16;/h16-17H,3-15H2,1-2H3,(H,20,21);1H. The predicted octanol–water partition coefficient (Wildman–Crippen LogP) is 2.29. The van der Waals surface area contributed by atoms with Gasteiger partial charge in [0.25, 0.3) is 0 Å². The largest absolute Gasteiger partial charge is 0.469 e. The van der Waals surface area contributed by atoms with Crippen LogP contribution in [0.3, 0.4) is 0 Å². The molecule has 0 aromatic heterocycles. The average molecular weight is 497 g/mol. The fourth-order valence-electron chi connectivity index (χ4n) is 3.43. The Labute approximate surface area is 180 Å². The summed E-state index contributed by atoms with van der Waals surface area (Å²) in [6, 6.07) is 0. The van der Waals surface area contributed by atoms with Crippen LogP contribution in [0.2, 0.25) is 0 Å². The monoisotopic (exact) mass is 497 g/mol. The maximum absolute atomic E-state index is 11.6. The number of hydrogen-bond donors (Lipinski definition) is 1. The van der Waals surface area contributed by atoms with Gasteiger partial charge in [-0.1, -0.05) is 0 Å². The van der Waals surface area contributed by atoms with Gasteiger partial charge in [0.2, 0.25) is 0 Å². The van der Waals surface area contributed by atoms with E-state index in [4.69, 9.17) is 19.2 Å². The van der Waals surface area contributed by atoms with E-state index in [0.29, 0.717) is 5.92 Å². The molecular weight excluding hydrogens is 461 g/mol. The summed E-state index contributed by atoms with van der Waals surface area (Å²) in [5, 5.41) is 3.36. The van der Waals surface area contributed by atoms with Crippen LogP contribution < -0.4 is 5.32 Å². The van der Waals surface area contributed by atoms with Gasteiger partial charge in [0.05, 0.1) is 13.0 Å². The molecule has 0 aliphatic carbocycles. The zero-order valence-electron chi connectivity index (χ0n) is 16.8. The molecule has 0 aromatic carbocycles. The Balaban J connectivity index is 0.00000364. The highest BCUT2D eigenvalue weighted by molar-refractivity contribution is 14.0. The van der Waals surface area contributed by atoms with Gasteiger partial charge in [-0.05, 0) is 44.9 Å². The number of methoxy groups -OCH3 is 1. The number of carbonyl (C=O) groups excluding carboxylic acids is 1.